The van der Waals surface area contributed by atoms with Crippen LogP contribution < -0.4 is 5.32 Å². The maximum absolute atomic E-state index is 12.0. The minimum absolute atomic E-state index is 0.0891. The molecule has 1 saturated heterocycles. The molecular weight excluding hydrogens is 360 g/mol. The van der Waals surface area contributed by atoms with Crippen LogP contribution in [-0.2, 0) is 11.3 Å². The summed E-state index contributed by atoms with van der Waals surface area (Å²) < 4.78 is 2.05. The fourth-order valence-electron chi connectivity index (χ4n) is 3.86. The van der Waals surface area contributed by atoms with E-state index < -0.39 is 0 Å². The molecule has 0 bridgehead atoms. The van der Waals surface area contributed by atoms with Crippen molar-refractivity contribution in [3.05, 3.63) is 54.2 Å². The zero-order valence-corrected chi connectivity index (χ0v) is 17.4. The van der Waals surface area contributed by atoms with E-state index in [1.807, 2.05) is 32.2 Å². The molecule has 1 aliphatic heterocycles. The van der Waals surface area contributed by atoms with E-state index >= 15 is 0 Å². The van der Waals surface area contributed by atoms with Gasteiger partial charge >= 0.3 is 0 Å². The quantitative estimate of drug-likeness (QED) is 0.669. The van der Waals surface area contributed by atoms with Crippen LogP contribution in [0.15, 0.2) is 48.7 Å². The van der Waals surface area contributed by atoms with Crippen LogP contribution in [0.3, 0.4) is 0 Å². The van der Waals surface area contributed by atoms with Crippen LogP contribution in [-0.4, -0.2) is 33.3 Å². The van der Waals surface area contributed by atoms with Crippen molar-refractivity contribution in [1.82, 2.24) is 14.3 Å². The summed E-state index contributed by atoms with van der Waals surface area (Å²) >= 11 is 0. The topological polar surface area (TPSA) is 49.6 Å². The third-order valence-corrected chi connectivity index (χ3v) is 5.55. The van der Waals surface area contributed by atoms with E-state index in [1.54, 1.807) is 0 Å². The number of nitrogens with zero attached hydrogens (tertiary/aromatic N) is 3. The van der Waals surface area contributed by atoms with Crippen LogP contribution in [0.5, 0.6) is 0 Å². The number of carbonyl (C=O) groups excluding carboxylic acids is 1. The molecule has 1 saturated carbocycles. The van der Waals surface area contributed by atoms with Gasteiger partial charge in [-0.15, -0.1) is 0 Å². The van der Waals surface area contributed by atoms with E-state index in [1.165, 1.54) is 31.5 Å². The van der Waals surface area contributed by atoms with Gasteiger partial charge in [-0.1, -0.05) is 44.2 Å². The monoisotopic (exact) mass is 390 g/mol. The first-order chi connectivity index (χ1) is 14.3. The van der Waals surface area contributed by atoms with Gasteiger partial charge in [0.1, 0.15) is 5.65 Å². The van der Waals surface area contributed by atoms with Crippen molar-refractivity contribution in [3.63, 3.8) is 0 Å². The van der Waals surface area contributed by atoms with Crippen molar-refractivity contribution >= 4 is 17.4 Å². The Balaban J connectivity index is 0.000000994. The van der Waals surface area contributed by atoms with Gasteiger partial charge in [-0.3, -0.25) is 14.1 Å². The third kappa shape index (κ3) is 4.51. The summed E-state index contributed by atoms with van der Waals surface area (Å²) in [5.74, 6) is 0.897. The number of amides is 1. The smallest absolute Gasteiger partial charge is 0.228 e. The van der Waals surface area contributed by atoms with E-state index in [4.69, 9.17) is 0 Å². The van der Waals surface area contributed by atoms with Gasteiger partial charge in [0.05, 0.1) is 11.9 Å². The Hall–Kier alpha value is -2.66. The lowest BCUT2D eigenvalue weighted by Crippen LogP contribution is -2.18. The van der Waals surface area contributed by atoms with Crippen LogP contribution in [0.4, 0.5) is 5.82 Å². The molecule has 3 heterocycles. The van der Waals surface area contributed by atoms with Gasteiger partial charge < -0.3 is 5.32 Å². The van der Waals surface area contributed by atoms with Crippen LogP contribution in [0, 0.1) is 5.92 Å². The highest BCUT2D eigenvalue weighted by Gasteiger charge is 2.30. The zero-order chi connectivity index (χ0) is 20.2. The van der Waals surface area contributed by atoms with E-state index in [2.05, 4.69) is 49.9 Å². The normalized spacial score (nSPS) is 16.5. The number of hydrogen-bond acceptors (Lipinski definition) is 3. The molecule has 0 radical (unpaired) electrons. The molecular formula is C24H30N4O. The second-order valence-electron chi connectivity index (χ2n) is 7.71. The van der Waals surface area contributed by atoms with Crippen molar-refractivity contribution in [1.29, 1.82) is 0 Å². The Labute approximate surface area is 172 Å². The minimum Gasteiger partial charge on any atom is -0.309 e. The highest BCUT2D eigenvalue weighted by Crippen LogP contribution is 2.30. The molecule has 0 unspecified atom stereocenters. The fourth-order valence-corrected chi connectivity index (χ4v) is 3.86. The van der Waals surface area contributed by atoms with E-state index in [9.17, 15) is 4.79 Å². The van der Waals surface area contributed by atoms with E-state index in [0.29, 0.717) is 5.82 Å². The van der Waals surface area contributed by atoms with E-state index in [-0.39, 0.29) is 11.8 Å². The van der Waals surface area contributed by atoms with Gasteiger partial charge in [-0.05, 0) is 62.0 Å². The molecule has 5 heteroatoms. The Kier molecular flexibility index (Phi) is 5.95. The van der Waals surface area contributed by atoms with Crippen molar-refractivity contribution in [3.8, 4) is 11.3 Å². The zero-order valence-electron chi connectivity index (χ0n) is 17.4. The summed E-state index contributed by atoms with van der Waals surface area (Å²) in [6, 6.07) is 14.9. The number of hydrogen-bond donors (Lipinski definition) is 1. The van der Waals surface area contributed by atoms with Crippen LogP contribution in [0.2, 0.25) is 0 Å². The minimum atomic E-state index is 0.0891. The van der Waals surface area contributed by atoms with E-state index in [0.717, 1.165) is 36.3 Å². The van der Waals surface area contributed by atoms with Gasteiger partial charge in [-0.25, -0.2) is 4.98 Å². The van der Waals surface area contributed by atoms with Crippen LogP contribution in [0.1, 0.15) is 45.1 Å². The number of carbonyl (C=O) groups is 1. The molecule has 3 aromatic rings. The first-order valence-corrected chi connectivity index (χ1v) is 10.9. The summed E-state index contributed by atoms with van der Waals surface area (Å²) in [5.41, 5.74) is 4.44. The van der Waals surface area contributed by atoms with Crippen molar-refractivity contribution < 1.29 is 4.79 Å². The predicted octanol–water partition coefficient (Wildman–Crippen LogP) is 4.97. The number of imidazole rings is 1. The Morgan fingerprint density at radius 3 is 2.48 bits per heavy atom. The molecule has 0 spiro atoms. The van der Waals surface area contributed by atoms with Gasteiger partial charge in [0.25, 0.3) is 0 Å². The highest BCUT2D eigenvalue weighted by atomic mass is 16.2. The van der Waals surface area contributed by atoms with Gasteiger partial charge in [0, 0.05) is 12.5 Å². The average molecular weight is 391 g/mol. The first-order valence-electron chi connectivity index (χ1n) is 10.9. The molecule has 152 valence electrons. The number of rotatable bonds is 5. The Bertz CT molecular complexity index is 966. The SMILES string of the molecule is CC.O=C(Nc1cn2c(-c3ccc(CN4CCCC4)cc3)cccc2n1)C1CC1. The number of benzene rings is 1. The number of pyridine rings is 1. The summed E-state index contributed by atoms with van der Waals surface area (Å²) in [6.07, 6.45) is 6.55. The summed E-state index contributed by atoms with van der Waals surface area (Å²) in [7, 11) is 0. The molecule has 1 N–H and O–H groups in total. The molecule has 0 atom stereocenters. The fraction of sp³-hybridized carbons (Fsp3) is 0.417. The molecule has 2 aromatic heterocycles. The molecule has 1 aliphatic carbocycles. The molecule has 29 heavy (non-hydrogen) atoms. The summed E-state index contributed by atoms with van der Waals surface area (Å²) in [4.78, 5) is 19.1. The molecule has 1 amide bonds. The number of likely N-dealkylation sites (tertiary alicyclic amines) is 1. The maximum atomic E-state index is 12.0. The molecule has 2 fully saturated rings. The summed E-state index contributed by atoms with van der Waals surface area (Å²) in [5, 5.41) is 2.95. The van der Waals surface area contributed by atoms with Crippen LogP contribution >= 0.6 is 0 Å². The van der Waals surface area contributed by atoms with Gasteiger partial charge in [-0.2, -0.15) is 0 Å². The Morgan fingerprint density at radius 1 is 1.07 bits per heavy atom. The molecule has 5 nitrogen and oxygen atoms in total. The number of nitrogens with one attached hydrogen (secondary N) is 1. The second kappa shape index (κ2) is 8.78. The maximum Gasteiger partial charge on any atom is 0.228 e. The molecule has 2 aliphatic rings. The molecule has 5 rings (SSSR count). The standard InChI is InChI=1S/C22H24N4O.C2H6/c27-22(18-10-11-18)24-20-15-26-19(4-3-5-21(26)23-20)17-8-6-16(7-9-17)14-25-12-1-2-13-25;1-2/h3-9,15,18H,1-2,10-14H2,(H,24,27);1-2H3. The molecule has 1 aromatic carbocycles. The van der Waals surface area contributed by atoms with Gasteiger partial charge in [0.15, 0.2) is 5.82 Å². The van der Waals surface area contributed by atoms with Crippen molar-refractivity contribution in [2.24, 2.45) is 5.92 Å². The Morgan fingerprint density at radius 2 is 1.79 bits per heavy atom. The average Bonchev–Trinajstić information content (AvgIpc) is 3.34. The third-order valence-electron chi connectivity index (χ3n) is 5.55. The van der Waals surface area contributed by atoms with Gasteiger partial charge in [0.2, 0.25) is 5.91 Å². The first kappa shape index (κ1) is 19.6. The van der Waals surface area contributed by atoms with Crippen LogP contribution in [0.25, 0.3) is 16.9 Å². The lowest BCUT2D eigenvalue weighted by molar-refractivity contribution is -0.117. The second-order valence-corrected chi connectivity index (χ2v) is 7.71. The number of aromatic nitrogens is 2. The summed E-state index contributed by atoms with van der Waals surface area (Å²) in [6.45, 7) is 7.46. The van der Waals surface area contributed by atoms with Crippen molar-refractivity contribution in [2.45, 2.75) is 46.1 Å². The predicted molar refractivity (Wildman–Crippen MR) is 118 cm³/mol. The number of anilines is 1. The van der Waals surface area contributed by atoms with Crippen molar-refractivity contribution in [2.75, 3.05) is 18.4 Å². The highest BCUT2D eigenvalue weighted by molar-refractivity contribution is 5.93. The lowest BCUT2D eigenvalue weighted by atomic mass is 10.1. The number of fused-ring (bicyclic) bond motifs is 1. The largest absolute Gasteiger partial charge is 0.309 e. The lowest BCUT2D eigenvalue weighted by Gasteiger charge is -2.15.